The van der Waals surface area contributed by atoms with Crippen LogP contribution in [0.3, 0.4) is 0 Å². The number of nitrogens with one attached hydrogen (secondary N) is 2. The van der Waals surface area contributed by atoms with Crippen LogP contribution in [0.5, 0.6) is 0 Å². The van der Waals surface area contributed by atoms with Crippen molar-refractivity contribution >= 4 is 22.5 Å². The van der Waals surface area contributed by atoms with Crippen molar-refractivity contribution in [3.63, 3.8) is 0 Å². The van der Waals surface area contributed by atoms with Crippen molar-refractivity contribution in [2.75, 3.05) is 31.6 Å². The van der Waals surface area contributed by atoms with E-state index in [0.29, 0.717) is 0 Å². The predicted molar refractivity (Wildman–Crippen MR) is 122 cm³/mol. The van der Waals surface area contributed by atoms with Gasteiger partial charge in [-0.05, 0) is 43.7 Å². The molecule has 0 aliphatic carbocycles. The van der Waals surface area contributed by atoms with Gasteiger partial charge in [0.15, 0.2) is 0 Å². The summed E-state index contributed by atoms with van der Waals surface area (Å²) >= 11 is 0. The summed E-state index contributed by atoms with van der Waals surface area (Å²) in [4.78, 5) is 18.7. The van der Waals surface area contributed by atoms with Crippen molar-refractivity contribution < 1.29 is 9.90 Å². The van der Waals surface area contributed by atoms with Crippen LogP contribution in [-0.4, -0.2) is 47.1 Å². The number of nitrogens with zero attached hydrogens (tertiary/aromatic N) is 1. The van der Waals surface area contributed by atoms with Crippen LogP contribution in [0.4, 0.5) is 5.69 Å². The molecule has 3 N–H and O–H groups in total. The number of hydrogen-bond donors (Lipinski definition) is 3. The zero-order chi connectivity index (χ0) is 21.1. The number of anilines is 1. The smallest absolute Gasteiger partial charge is 0.228 e. The van der Waals surface area contributed by atoms with Gasteiger partial charge in [0.1, 0.15) is 0 Å². The van der Waals surface area contributed by atoms with Crippen LogP contribution in [0.25, 0.3) is 22.2 Å². The molecule has 1 amide bonds. The quantitative estimate of drug-likeness (QED) is 0.565. The van der Waals surface area contributed by atoms with Crippen LogP contribution in [0.15, 0.2) is 54.6 Å². The topological polar surface area (TPSA) is 68.4 Å². The van der Waals surface area contributed by atoms with Gasteiger partial charge in [0.2, 0.25) is 5.91 Å². The number of aliphatic hydroxyl groups excluding tert-OH is 1. The molecule has 5 heteroatoms. The Kier molecular flexibility index (Phi) is 5.93. The maximum Gasteiger partial charge on any atom is 0.228 e. The summed E-state index contributed by atoms with van der Waals surface area (Å²) in [5.74, 6) is 0.0558. The van der Waals surface area contributed by atoms with E-state index in [2.05, 4.69) is 53.3 Å². The lowest BCUT2D eigenvalue weighted by Crippen LogP contribution is -2.45. The summed E-state index contributed by atoms with van der Waals surface area (Å²) in [5, 5.41) is 13.9. The maximum absolute atomic E-state index is 12.9. The van der Waals surface area contributed by atoms with Gasteiger partial charge < -0.3 is 20.3 Å². The number of hydrogen-bond acceptors (Lipinski definition) is 3. The zero-order valence-electron chi connectivity index (χ0n) is 17.8. The molecule has 158 valence electrons. The number of fused-ring (bicyclic) bond motifs is 1. The summed E-state index contributed by atoms with van der Waals surface area (Å²) in [5.41, 5.74) is 3.88. The second kappa shape index (κ2) is 8.62. The fourth-order valence-electron chi connectivity index (χ4n) is 4.31. The van der Waals surface area contributed by atoms with E-state index in [9.17, 15) is 9.90 Å². The Morgan fingerprint density at radius 3 is 2.83 bits per heavy atom. The minimum atomic E-state index is -0.147. The van der Waals surface area contributed by atoms with Gasteiger partial charge >= 0.3 is 0 Å². The molecule has 2 aromatic carbocycles. The molecule has 4 rings (SSSR count). The van der Waals surface area contributed by atoms with Crippen LogP contribution in [0, 0.1) is 11.3 Å². The number of rotatable bonds is 6. The maximum atomic E-state index is 12.9. The number of amides is 1. The second-order valence-electron chi connectivity index (χ2n) is 9.24. The molecular formula is C25H31N3O2. The molecule has 0 saturated carbocycles. The van der Waals surface area contributed by atoms with Crippen molar-refractivity contribution in [3.05, 3.63) is 54.6 Å². The van der Waals surface area contributed by atoms with Gasteiger partial charge in [0.05, 0.1) is 5.92 Å². The normalized spacial score (nSPS) is 17.9. The number of H-pyrrole nitrogens is 1. The Balaban J connectivity index is 1.44. The fourth-order valence-corrected chi connectivity index (χ4v) is 4.31. The molecule has 0 bridgehead atoms. The monoisotopic (exact) mass is 405 g/mol. The van der Waals surface area contributed by atoms with Gasteiger partial charge in [0.25, 0.3) is 0 Å². The van der Waals surface area contributed by atoms with E-state index in [1.165, 1.54) is 5.39 Å². The van der Waals surface area contributed by atoms with Crippen molar-refractivity contribution in [3.8, 4) is 11.3 Å². The van der Waals surface area contributed by atoms with E-state index < -0.39 is 0 Å². The van der Waals surface area contributed by atoms with Crippen molar-refractivity contribution in [2.24, 2.45) is 11.3 Å². The molecule has 1 atom stereocenters. The molecule has 1 unspecified atom stereocenters. The molecule has 1 saturated heterocycles. The van der Waals surface area contributed by atoms with Crippen LogP contribution >= 0.6 is 0 Å². The molecule has 0 spiro atoms. The number of aromatic nitrogens is 1. The Morgan fingerprint density at radius 2 is 2.03 bits per heavy atom. The highest BCUT2D eigenvalue weighted by atomic mass is 16.3. The average molecular weight is 406 g/mol. The number of aromatic amines is 1. The van der Waals surface area contributed by atoms with Gasteiger partial charge in [-0.1, -0.05) is 44.2 Å². The minimum absolute atomic E-state index is 0.0232. The van der Waals surface area contributed by atoms with Crippen LogP contribution in [-0.2, 0) is 4.79 Å². The summed E-state index contributed by atoms with van der Waals surface area (Å²) in [6, 6.07) is 18.4. The van der Waals surface area contributed by atoms with E-state index in [0.717, 1.165) is 54.9 Å². The number of likely N-dealkylation sites (tertiary alicyclic amines) is 1. The Labute approximate surface area is 178 Å². The highest BCUT2D eigenvalue weighted by molar-refractivity contribution is 5.94. The van der Waals surface area contributed by atoms with E-state index in [-0.39, 0.29) is 23.8 Å². The summed E-state index contributed by atoms with van der Waals surface area (Å²) < 4.78 is 0. The molecule has 5 nitrogen and oxygen atoms in total. The number of para-hydroxylation sites is 1. The third-order valence-corrected chi connectivity index (χ3v) is 5.93. The highest BCUT2D eigenvalue weighted by Crippen LogP contribution is 2.27. The summed E-state index contributed by atoms with van der Waals surface area (Å²) in [6.45, 7) is 6.82. The summed E-state index contributed by atoms with van der Waals surface area (Å²) in [6.07, 6.45) is 1.91. The molecular weight excluding hydrogens is 374 g/mol. The largest absolute Gasteiger partial charge is 0.396 e. The Bertz CT molecular complexity index is 991. The second-order valence-corrected chi connectivity index (χ2v) is 9.24. The van der Waals surface area contributed by atoms with Crippen molar-refractivity contribution in [2.45, 2.75) is 26.7 Å². The van der Waals surface area contributed by atoms with E-state index in [1.807, 2.05) is 30.3 Å². The molecule has 1 aromatic heterocycles. The lowest BCUT2D eigenvalue weighted by atomic mass is 9.90. The van der Waals surface area contributed by atoms with Crippen molar-refractivity contribution in [1.82, 2.24) is 9.88 Å². The first kappa shape index (κ1) is 20.6. The van der Waals surface area contributed by atoms with E-state index in [4.69, 9.17) is 0 Å². The molecule has 1 aliphatic heterocycles. The van der Waals surface area contributed by atoms with Gasteiger partial charge in [0, 0.05) is 53.0 Å². The van der Waals surface area contributed by atoms with Crippen LogP contribution in [0.2, 0.25) is 0 Å². The van der Waals surface area contributed by atoms with Crippen molar-refractivity contribution in [1.29, 1.82) is 0 Å². The zero-order valence-corrected chi connectivity index (χ0v) is 17.8. The third-order valence-electron chi connectivity index (χ3n) is 5.93. The fraction of sp³-hybridized carbons (Fsp3) is 0.400. The van der Waals surface area contributed by atoms with Gasteiger partial charge in [-0.2, -0.15) is 0 Å². The Hall–Kier alpha value is -2.63. The van der Waals surface area contributed by atoms with Gasteiger partial charge in [-0.25, -0.2) is 0 Å². The number of carbonyl (C=O) groups is 1. The predicted octanol–water partition coefficient (Wildman–Crippen LogP) is 4.50. The lowest BCUT2D eigenvalue weighted by molar-refractivity contribution is -0.121. The first-order chi connectivity index (χ1) is 14.4. The van der Waals surface area contributed by atoms with E-state index in [1.54, 1.807) is 0 Å². The average Bonchev–Trinajstić information content (AvgIpc) is 3.18. The number of carbonyl (C=O) groups excluding carboxylic acids is 1. The molecule has 2 heterocycles. The minimum Gasteiger partial charge on any atom is -0.396 e. The molecule has 1 aliphatic rings. The molecule has 30 heavy (non-hydrogen) atoms. The van der Waals surface area contributed by atoms with E-state index >= 15 is 0 Å². The first-order valence-corrected chi connectivity index (χ1v) is 10.8. The highest BCUT2D eigenvalue weighted by Gasteiger charge is 2.29. The first-order valence-electron chi connectivity index (χ1n) is 10.8. The van der Waals surface area contributed by atoms with Gasteiger partial charge in [-0.15, -0.1) is 0 Å². The van der Waals surface area contributed by atoms with Gasteiger partial charge in [-0.3, -0.25) is 4.79 Å². The lowest BCUT2D eigenvalue weighted by Gasteiger charge is -2.36. The Morgan fingerprint density at radius 1 is 1.20 bits per heavy atom. The molecule has 3 aromatic rings. The number of aliphatic hydroxyl groups is 1. The molecule has 1 fully saturated rings. The summed E-state index contributed by atoms with van der Waals surface area (Å²) in [7, 11) is 0. The van der Waals surface area contributed by atoms with Crippen LogP contribution < -0.4 is 5.32 Å². The molecule has 0 radical (unpaired) electrons. The third kappa shape index (κ3) is 4.74. The SMILES string of the molecule is CC(C)(CO)CN1CCCC(C(=O)Nc2cccc(-c3cc4ccccc4[nH]3)c2)C1. The van der Waals surface area contributed by atoms with Crippen LogP contribution in [0.1, 0.15) is 26.7 Å². The number of piperidine rings is 1. The standard InChI is InChI=1S/C25H31N3O2/c1-25(2,17-29)16-28-12-6-9-20(15-28)24(30)26-21-10-5-8-18(13-21)23-14-19-7-3-4-11-22(19)27-23/h3-5,7-8,10-11,13-14,20,27,29H,6,9,12,15-17H2,1-2H3,(H,26,30). The number of benzene rings is 2.